The molecular weight excluding hydrogens is 214 g/mol. The Bertz CT molecular complexity index is 255. The van der Waals surface area contributed by atoms with Crippen LogP contribution in [-0.2, 0) is 9.59 Å². The molecule has 7 heteroatoms. The van der Waals surface area contributed by atoms with E-state index in [4.69, 9.17) is 10.8 Å². The fourth-order valence-corrected chi connectivity index (χ4v) is 1.01. The van der Waals surface area contributed by atoms with Gasteiger partial charge in [0.15, 0.2) is 0 Å². The number of hydrogen-bond acceptors (Lipinski definition) is 3. The number of primary amides is 1. The average molecular weight is 231 g/mol. The topological polar surface area (TPSA) is 122 Å². The van der Waals surface area contributed by atoms with Gasteiger partial charge in [-0.15, -0.1) is 0 Å². The number of hydrogen-bond donors (Lipinski definition) is 4. The van der Waals surface area contributed by atoms with Gasteiger partial charge in [0.25, 0.3) is 0 Å². The summed E-state index contributed by atoms with van der Waals surface area (Å²) < 4.78 is 0. The molecule has 0 aromatic heterocycles. The normalized spacial score (nSPS) is 9.50. The standard InChI is InChI=1S/C9H17N3O4/c10-7(13)6-12-9(16)11-5-3-1-2-4-8(14)15/h1-6H2,(H2,10,13)(H,14,15)(H2,11,12,16). The van der Waals surface area contributed by atoms with E-state index in [2.05, 4.69) is 10.6 Å². The highest BCUT2D eigenvalue weighted by Gasteiger charge is 2.01. The van der Waals surface area contributed by atoms with Gasteiger partial charge in [-0.05, 0) is 12.8 Å². The van der Waals surface area contributed by atoms with Gasteiger partial charge in [0.2, 0.25) is 5.91 Å². The number of aliphatic carboxylic acids is 1. The summed E-state index contributed by atoms with van der Waals surface area (Å²) in [7, 11) is 0. The zero-order chi connectivity index (χ0) is 12.4. The molecule has 0 atom stereocenters. The molecule has 0 saturated heterocycles. The molecule has 3 amide bonds. The third-order valence-electron chi connectivity index (χ3n) is 1.78. The molecule has 92 valence electrons. The van der Waals surface area contributed by atoms with E-state index in [1.165, 1.54) is 0 Å². The zero-order valence-corrected chi connectivity index (χ0v) is 8.99. The van der Waals surface area contributed by atoms with Gasteiger partial charge < -0.3 is 21.5 Å². The Labute approximate surface area is 93.4 Å². The Morgan fingerprint density at radius 3 is 2.31 bits per heavy atom. The monoisotopic (exact) mass is 231 g/mol. The van der Waals surface area contributed by atoms with Gasteiger partial charge in [-0.2, -0.15) is 0 Å². The maximum atomic E-state index is 11.0. The number of unbranched alkanes of at least 4 members (excludes halogenated alkanes) is 2. The molecule has 0 fully saturated rings. The van der Waals surface area contributed by atoms with Crippen LogP contribution in [0.1, 0.15) is 25.7 Å². The van der Waals surface area contributed by atoms with Crippen LogP contribution in [-0.4, -0.2) is 36.1 Å². The predicted molar refractivity (Wildman–Crippen MR) is 56.7 cm³/mol. The molecule has 0 unspecified atom stereocenters. The first-order valence-corrected chi connectivity index (χ1v) is 5.04. The molecule has 0 spiro atoms. The summed E-state index contributed by atoms with van der Waals surface area (Å²) in [5, 5.41) is 13.2. The van der Waals surface area contributed by atoms with Gasteiger partial charge in [-0.25, -0.2) is 4.79 Å². The largest absolute Gasteiger partial charge is 0.481 e. The zero-order valence-electron chi connectivity index (χ0n) is 8.99. The van der Waals surface area contributed by atoms with Crippen LogP contribution in [0.2, 0.25) is 0 Å². The van der Waals surface area contributed by atoms with Gasteiger partial charge in [-0.3, -0.25) is 9.59 Å². The van der Waals surface area contributed by atoms with Crippen LogP contribution < -0.4 is 16.4 Å². The minimum atomic E-state index is -0.813. The summed E-state index contributed by atoms with van der Waals surface area (Å²) in [4.78, 5) is 31.4. The molecule has 0 aliphatic carbocycles. The maximum Gasteiger partial charge on any atom is 0.315 e. The smallest absolute Gasteiger partial charge is 0.315 e. The number of rotatable bonds is 8. The van der Waals surface area contributed by atoms with Gasteiger partial charge in [0.05, 0.1) is 6.54 Å². The highest BCUT2D eigenvalue weighted by molar-refractivity contribution is 5.82. The minimum absolute atomic E-state index is 0.147. The lowest BCUT2D eigenvalue weighted by Gasteiger charge is -2.05. The predicted octanol–water partition coefficient (Wildman–Crippen LogP) is -0.584. The maximum absolute atomic E-state index is 11.0. The number of carbonyl (C=O) groups is 3. The molecular formula is C9H17N3O4. The van der Waals surface area contributed by atoms with Gasteiger partial charge in [-0.1, -0.05) is 6.42 Å². The number of carboxylic acids is 1. The summed E-state index contributed by atoms with van der Waals surface area (Å²) in [6.07, 6.45) is 2.19. The molecule has 0 bridgehead atoms. The summed E-state index contributed by atoms with van der Waals surface area (Å²) in [5.74, 6) is -1.41. The molecule has 0 aromatic carbocycles. The van der Waals surface area contributed by atoms with Crippen LogP contribution in [0.3, 0.4) is 0 Å². The first-order valence-electron chi connectivity index (χ1n) is 5.04. The molecule has 0 aliphatic rings. The number of urea groups is 1. The summed E-state index contributed by atoms with van der Waals surface area (Å²) in [6.45, 7) is 0.259. The molecule has 16 heavy (non-hydrogen) atoms. The molecule has 0 aromatic rings. The fraction of sp³-hybridized carbons (Fsp3) is 0.667. The molecule has 7 nitrogen and oxygen atoms in total. The van der Waals surface area contributed by atoms with Crippen molar-refractivity contribution in [3.05, 3.63) is 0 Å². The highest BCUT2D eigenvalue weighted by atomic mass is 16.4. The van der Waals surface area contributed by atoms with Crippen molar-refractivity contribution in [2.24, 2.45) is 5.73 Å². The minimum Gasteiger partial charge on any atom is -0.481 e. The van der Waals surface area contributed by atoms with E-state index in [9.17, 15) is 14.4 Å². The van der Waals surface area contributed by atoms with E-state index in [-0.39, 0.29) is 13.0 Å². The van der Waals surface area contributed by atoms with Crippen molar-refractivity contribution < 1.29 is 19.5 Å². The van der Waals surface area contributed by atoms with Crippen LogP contribution in [0.25, 0.3) is 0 Å². The fourth-order valence-electron chi connectivity index (χ4n) is 1.01. The van der Waals surface area contributed by atoms with Gasteiger partial charge in [0.1, 0.15) is 0 Å². The molecule has 0 saturated carbocycles. The Morgan fingerprint density at radius 2 is 1.75 bits per heavy atom. The molecule has 0 aliphatic heterocycles. The third-order valence-corrected chi connectivity index (χ3v) is 1.78. The summed E-state index contributed by atoms with van der Waals surface area (Å²) in [5.41, 5.74) is 4.83. The number of carbonyl (C=O) groups excluding carboxylic acids is 2. The quantitative estimate of drug-likeness (QED) is 0.417. The van der Waals surface area contributed by atoms with Gasteiger partial charge >= 0.3 is 12.0 Å². The second-order valence-corrected chi connectivity index (χ2v) is 3.28. The Hall–Kier alpha value is -1.79. The SMILES string of the molecule is NC(=O)CNC(=O)NCCCCCC(=O)O. The van der Waals surface area contributed by atoms with Crippen molar-refractivity contribution in [2.75, 3.05) is 13.1 Å². The lowest BCUT2D eigenvalue weighted by atomic mass is 10.2. The van der Waals surface area contributed by atoms with Crippen molar-refractivity contribution in [3.8, 4) is 0 Å². The van der Waals surface area contributed by atoms with Crippen molar-refractivity contribution >= 4 is 17.9 Å². The van der Waals surface area contributed by atoms with E-state index in [0.717, 1.165) is 6.42 Å². The van der Waals surface area contributed by atoms with Crippen LogP contribution in [0, 0.1) is 0 Å². The van der Waals surface area contributed by atoms with E-state index in [0.29, 0.717) is 19.4 Å². The van der Waals surface area contributed by atoms with E-state index >= 15 is 0 Å². The van der Waals surface area contributed by atoms with Crippen LogP contribution in [0.4, 0.5) is 4.79 Å². The van der Waals surface area contributed by atoms with E-state index < -0.39 is 17.9 Å². The lowest BCUT2D eigenvalue weighted by Crippen LogP contribution is -2.40. The summed E-state index contributed by atoms with van der Waals surface area (Å²) in [6, 6.07) is -0.447. The van der Waals surface area contributed by atoms with Crippen molar-refractivity contribution in [1.29, 1.82) is 0 Å². The summed E-state index contributed by atoms with van der Waals surface area (Å²) >= 11 is 0. The number of carboxylic acid groups (broad SMARTS) is 1. The van der Waals surface area contributed by atoms with Crippen LogP contribution in [0.15, 0.2) is 0 Å². The number of nitrogens with one attached hydrogen (secondary N) is 2. The second-order valence-electron chi connectivity index (χ2n) is 3.28. The molecule has 0 rings (SSSR count). The molecule has 5 N–H and O–H groups in total. The number of amides is 3. The second kappa shape index (κ2) is 8.51. The third kappa shape index (κ3) is 10.3. The van der Waals surface area contributed by atoms with Crippen molar-refractivity contribution in [1.82, 2.24) is 10.6 Å². The van der Waals surface area contributed by atoms with Crippen LogP contribution in [0.5, 0.6) is 0 Å². The first-order chi connectivity index (χ1) is 7.52. The van der Waals surface area contributed by atoms with Gasteiger partial charge in [0, 0.05) is 13.0 Å². The lowest BCUT2D eigenvalue weighted by molar-refractivity contribution is -0.137. The van der Waals surface area contributed by atoms with Crippen molar-refractivity contribution in [2.45, 2.75) is 25.7 Å². The van der Waals surface area contributed by atoms with E-state index in [1.54, 1.807) is 0 Å². The van der Waals surface area contributed by atoms with E-state index in [1.807, 2.05) is 0 Å². The molecule has 0 heterocycles. The van der Waals surface area contributed by atoms with Crippen LogP contribution >= 0.6 is 0 Å². The average Bonchev–Trinajstić information content (AvgIpc) is 2.19. The first kappa shape index (κ1) is 14.2. The Kier molecular flexibility index (Phi) is 7.56. The Balaban J connectivity index is 3.27. The highest BCUT2D eigenvalue weighted by Crippen LogP contribution is 1.98. The number of nitrogens with two attached hydrogens (primary N) is 1. The molecule has 0 radical (unpaired) electrons. The Morgan fingerprint density at radius 1 is 1.06 bits per heavy atom. The van der Waals surface area contributed by atoms with Crippen molar-refractivity contribution in [3.63, 3.8) is 0 Å².